The second kappa shape index (κ2) is 6.98. The fraction of sp³-hybridized carbons (Fsp3) is 0.133. The van der Waals surface area contributed by atoms with Crippen LogP contribution < -0.4 is 11.3 Å². The third-order valence-electron chi connectivity index (χ3n) is 2.93. The number of hydrogen-bond acceptors (Lipinski definition) is 4. The highest BCUT2D eigenvalue weighted by molar-refractivity contribution is 7.99. The zero-order chi connectivity index (χ0) is 14.4. The molecule has 0 aliphatic carbocycles. The summed E-state index contributed by atoms with van der Waals surface area (Å²) in [4.78, 5) is 12.7. The Bertz CT molecular complexity index is 575. The number of hydrogen-bond donors (Lipinski definition) is 3. The molecule has 0 spiro atoms. The van der Waals surface area contributed by atoms with E-state index in [2.05, 4.69) is 5.43 Å². The Labute approximate surface area is 122 Å². The van der Waals surface area contributed by atoms with Crippen LogP contribution in [-0.2, 0) is 4.79 Å². The highest BCUT2D eigenvalue weighted by Crippen LogP contribution is 2.31. The van der Waals surface area contributed by atoms with Gasteiger partial charge in [0.05, 0.1) is 5.92 Å². The van der Waals surface area contributed by atoms with Gasteiger partial charge >= 0.3 is 0 Å². The molecule has 20 heavy (non-hydrogen) atoms. The molecule has 1 amide bonds. The Kier molecular flexibility index (Phi) is 5.03. The Morgan fingerprint density at radius 2 is 1.80 bits per heavy atom. The van der Waals surface area contributed by atoms with E-state index in [4.69, 9.17) is 5.84 Å². The van der Waals surface area contributed by atoms with Crippen LogP contribution in [0, 0.1) is 0 Å². The molecule has 0 saturated carbocycles. The number of amides is 1. The molecule has 1 unspecified atom stereocenters. The van der Waals surface area contributed by atoms with Gasteiger partial charge in [-0.05, 0) is 17.7 Å². The van der Waals surface area contributed by atoms with Crippen molar-refractivity contribution in [3.8, 4) is 5.75 Å². The van der Waals surface area contributed by atoms with Crippen LogP contribution in [0.2, 0.25) is 0 Å². The van der Waals surface area contributed by atoms with Gasteiger partial charge in [0.1, 0.15) is 5.75 Å². The summed E-state index contributed by atoms with van der Waals surface area (Å²) >= 11 is 1.43. The van der Waals surface area contributed by atoms with E-state index in [-0.39, 0.29) is 17.6 Å². The molecule has 0 aliphatic rings. The minimum absolute atomic E-state index is 0.220. The lowest BCUT2D eigenvalue weighted by Crippen LogP contribution is -2.35. The predicted molar refractivity (Wildman–Crippen MR) is 80.3 cm³/mol. The van der Waals surface area contributed by atoms with Crippen molar-refractivity contribution in [1.82, 2.24) is 5.43 Å². The van der Waals surface area contributed by atoms with Crippen molar-refractivity contribution in [3.05, 3.63) is 60.2 Å². The average Bonchev–Trinajstić information content (AvgIpc) is 2.50. The van der Waals surface area contributed by atoms with E-state index in [0.717, 1.165) is 10.5 Å². The van der Waals surface area contributed by atoms with E-state index < -0.39 is 0 Å². The Hall–Kier alpha value is -1.98. The zero-order valence-electron chi connectivity index (χ0n) is 10.8. The summed E-state index contributed by atoms with van der Waals surface area (Å²) in [7, 11) is 0. The van der Waals surface area contributed by atoms with Crippen LogP contribution in [0.4, 0.5) is 0 Å². The molecule has 0 saturated heterocycles. The van der Waals surface area contributed by atoms with Gasteiger partial charge in [-0.3, -0.25) is 10.2 Å². The van der Waals surface area contributed by atoms with Crippen LogP contribution in [0.15, 0.2) is 59.5 Å². The van der Waals surface area contributed by atoms with Gasteiger partial charge in [0, 0.05) is 10.6 Å². The van der Waals surface area contributed by atoms with Crippen LogP contribution in [0.1, 0.15) is 11.5 Å². The summed E-state index contributed by atoms with van der Waals surface area (Å²) in [5.74, 6) is 5.38. The first-order valence-corrected chi connectivity index (χ1v) is 7.17. The predicted octanol–water partition coefficient (Wildman–Crippen LogP) is 2.26. The fourth-order valence-corrected chi connectivity index (χ4v) is 2.94. The molecule has 4 nitrogen and oxygen atoms in total. The molecule has 2 aromatic rings. The van der Waals surface area contributed by atoms with Gasteiger partial charge in [-0.1, -0.05) is 42.5 Å². The summed E-state index contributed by atoms with van der Waals surface area (Å²) in [5, 5.41) is 9.74. The molecule has 0 bridgehead atoms. The van der Waals surface area contributed by atoms with Crippen LogP contribution >= 0.6 is 11.8 Å². The molecular formula is C15H16N2O2S. The van der Waals surface area contributed by atoms with E-state index in [1.165, 1.54) is 11.8 Å². The number of aromatic hydroxyl groups is 1. The first kappa shape index (κ1) is 14.4. The van der Waals surface area contributed by atoms with E-state index in [9.17, 15) is 9.90 Å². The molecule has 4 N–H and O–H groups in total. The molecule has 5 heteroatoms. The van der Waals surface area contributed by atoms with Crippen molar-refractivity contribution < 1.29 is 9.90 Å². The van der Waals surface area contributed by atoms with Gasteiger partial charge < -0.3 is 5.11 Å². The number of carbonyl (C=O) groups excluding carboxylic acids is 1. The maximum absolute atomic E-state index is 11.9. The zero-order valence-corrected chi connectivity index (χ0v) is 11.6. The van der Waals surface area contributed by atoms with Crippen LogP contribution in [0.3, 0.4) is 0 Å². The number of para-hydroxylation sites is 1. The van der Waals surface area contributed by atoms with E-state index in [0.29, 0.717) is 5.75 Å². The molecule has 1 atom stereocenters. The van der Waals surface area contributed by atoms with Crippen molar-refractivity contribution in [2.24, 2.45) is 5.84 Å². The summed E-state index contributed by atoms with van der Waals surface area (Å²) in [6, 6.07) is 16.5. The maximum Gasteiger partial charge on any atom is 0.242 e. The molecule has 2 aromatic carbocycles. The van der Waals surface area contributed by atoms with Gasteiger partial charge in [-0.15, -0.1) is 11.8 Å². The number of nitrogens with one attached hydrogen (secondary N) is 1. The topological polar surface area (TPSA) is 75.3 Å². The molecule has 0 aromatic heterocycles. The SMILES string of the molecule is NNC(=O)C(CSc1ccccc1O)c1ccccc1. The summed E-state index contributed by atoms with van der Waals surface area (Å²) < 4.78 is 0. The number of benzene rings is 2. The first-order valence-electron chi connectivity index (χ1n) is 6.18. The summed E-state index contributed by atoms with van der Waals surface area (Å²) in [6.07, 6.45) is 0. The third-order valence-corrected chi connectivity index (χ3v) is 4.09. The number of nitrogens with two attached hydrogens (primary N) is 1. The van der Waals surface area contributed by atoms with Gasteiger partial charge in [0.25, 0.3) is 0 Å². The highest BCUT2D eigenvalue weighted by atomic mass is 32.2. The molecular weight excluding hydrogens is 272 g/mol. The second-order valence-electron chi connectivity index (χ2n) is 4.25. The molecule has 104 valence electrons. The van der Waals surface area contributed by atoms with Crippen molar-refractivity contribution >= 4 is 17.7 Å². The maximum atomic E-state index is 11.9. The normalized spacial score (nSPS) is 11.8. The number of hydrazine groups is 1. The number of phenols is 1. The smallest absolute Gasteiger partial charge is 0.242 e. The van der Waals surface area contributed by atoms with E-state index in [1.54, 1.807) is 12.1 Å². The van der Waals surface area contributed by atoms with Gasteiger partial charge in [0.2, 0.25) is 5.91 Å². The van der Waals surface area contributed by atoms with Gasteiger partial charge in [-0.2, -0.15) is 0 Å². The van der Waals surface area contributed by atoms with Crippen molar-refractivity contribution in [2.75, 3.05) is 5.75 Å². The lowest BCUT2D eigenvalue weighted by molar-refractivity contribution is -0.122. The number of rotatable bonds is 5. The highest BCUT2D eigenvalue weighted by Gasteiger charge is 2.20. The molecule has 0 heterocycles. The number of phenolic OH excluding ortho intramolecular Hbond substituents is 1. The fourth-order valence-electron chi connectivity index (χ4n) is 1.86. The Balaban J connectivity index is 2.14. The quantitative estimate of drug-likeness (QED) is 0.341. The van der Waals surface area contributed by atoms with Crippen LogP contribution in [-0.4, -0.2) is 16.8 Å². The Morgan fingerprint density at radius 3 is 2.45 bits per heavy atom. The van der Waals surface area contributed by atoms with Crippen LogP contribution in [0.25, 0.3) is 0 Å². The largest absolute Gasteiger partial charge is 0.507 e. The van der Waals surface area contributed by atoms with Gasteiger partial charge in [0.15, 0.2) is 0 Å². The van der Waals surface area contributed by atoms with E-state index in [1.807, 2.05) is 42.5 Å². The molecule has 0 radical (unpaired) electrons. The summed E-state index contributed by atoms with van der Waals surface area (Å²) in [5.41, 5.74) is 3.10. The standard InChI is InChI=1S/C15H16N2O2S/c16-17-15(19)12(11-6-2-1-3-7-11)10-20-14-9-5-4-8-13(14)18/h1-9,12,18H,10,16H2,(H,17,19). The molecule has 2 rings (SSSR count). The van der Waals surface area contributed by atoms with Crippen molar-refractivity contribution in [1.29, 1.82) is 0 Å². The monoisotopic (exact) mass is 288 g/mol. The van der Waals surface area contributed by atoms with E-state index >= 15 is 0 Å². The second-order valence-corrected chi connectivity index (χ2v) is 5.31. The van der Waals surface area contributed by atoms with Gasteiger partial charge in [-0.25, -0.2) is 5.84 Å². The lowest BCUT2D eigenvalue weighted by atomic mass is 10.0. The average molecular weight is 288 g/mol. The number of carbonyl (C=O) groups is 1. The number of thioether (sulfide) groups is 1. The lowest BCUT2D eigenvalue weighted by Gasteiger charge is -2.15. The summed E-state index contributed by atoms with van der Waals surface area (Å²) in [6.45, 7) is 0. The van der Waals surface area contributed by atoms with Crippen molar-refractivity contribution in [2.45, 2.75) is 10.8 Å². The Morgan fingerprint density at radius 1 is 1.15 bits per heavy atom. The van der Waals surface area contributed by atoms with Crippen molar-refractivity contribution in [3.63, 3.8) is 0 Å². The first-order chi connectivity index (χ1) is 9.72. The molecule has 0 fully saturated rings. The molecule has 0 aliphatic heterocycles. The minimum atomic E-state index is -0.356. The third kappa shape index (κ3) is 3.53. The minimum Gasteiger partial charge on any atom is -0.507 e. The van der Waals surface area contributed by atoms with Crippen LogP contribution in [0.5, 0.6) is 5.75 Å².